The van der Waals surface area contributed by atoms with Crippen LogP contribution in [0.3, 0.4) is 0 Å². The molecule has 35 heavy (non-hydrogen) atoms. The maximum Gasteiger partial charge on any atom is 0.349 e. The summed E-state index contributed by atoms with van der Waals surface area (Å²) in [6.07, 6.45) is 0. The maximum atomic E-state index is 12.4. The summed E-state index contributed by atoms with van der Waals surface area (Å²) in [6, 6.07) is 20.3. The molecule has 0 saturated heterocycles. The monoisotopic (exact) mass is 470 g/mol. The molecule has 0 amide bonds. The summed E-state index contributed by atoms with van der Waals surface area (Å²) in [4.78, 5) is 12.4. The van der Waals surface area contributed by atoms with Crippen molar-refractivity contribution in [3.05, 3.63) is 94.4 Å². The number of nitrogens with zero attached hydrogens (tertiary/aromatic N) is 1. The van der Waals surface area contributed by atoms with Crippen molar-refractivity contribution in [3.63, 3.8) is 0 Å². The zero-order valence-corrected chi connectivity index (χ0v) is 19.8. The summed E-state index contributed by atoms with van der Waals surface area (Å²) >= 11 is 0. The van der Waals surface area contributed by atoms with E-state index in [2.05, 4.69) is 6.07 Å². The standard InChI is InChI=1S/C28H26N2O5/c1-4-32-24-10-6-5-9-20(24)27-21-13-12-19(14-25(21)35-28(30)22(27)15-29)34-26(31)16-33-23-11-7-8-17(2)18(23)3/h5-14,27H,4,16,30H2,1-3H3. The second kappa shape index (κ2) is 10.2. The molecule has 4 rings (SSSR count). The molecule has 2 N–H and O–H groups in total. The summed E-state index contributed by atoms with van der Waals surface area (Å²) in [6.45, 7) is 6.05. The molecule has 1 heterocycles. The molecule has 1 aliphatic heterocycles. The quantitative estimate of drug-likeness (QED) is 0.387. The van der Waals surface area contributed by atoms with E-state index in [9.17, 15) is 10.1 Å². The van der Waals surface area contributed by atoms with Gasteiger partial charge in [-0.1, -0.05) is 36.4 Å². The fourth-order valence-corrected chi connectivity index (χ4v) is 4.00. The van der Waals surface area contributed by atoms with Gasteiger partial charge >= 0.3 is 5.97 Å². The van der Waals surface area contributed by atoms with Gasteiger partial charge in [-0.2, -0.15) is 5.26 Å². The number of hydrogen-bond acceptors (Lipinski definition) is 7. The van der Waals surface area contributed by atoms with E-state index in [-0.39, 0.29) is 23.8 Å². The lowest BCUT2D eigenvalue weighted by atomic mass is 9.83. The molecule has 3 aromatic carbocycles. The van der Waals surface area contributed by atoms with Crippen LogP contribution in [-0.2, 0) is 4.79 Å². The number of esters is 1. The van der Waals surface area contributed by atoms with Crippen LogP contribution in [-0.4, -0.2) is 19.2 Å². The number of nitriles is 1. The zero-order chi connectivity index (χ0) is 24.9. The minimum absolute atomic E-state index is 0.00182. The molecule has 0 aliphatic carbocycles. The van der Waals surface area contributed by atoms with Gasteiger partial charge in [-0.3, -0.25) is 0 Å². The Morgan fingerprint density at radius 3 is 2.57 bits per heavy atom. The lowest BCUT2D eigenvalue weighted by Gasteiger charge is -2.27. The van der Waals surface area contributed by atoms with E-state index in [0.29, 0.717) is 29.4 Å². The number of carbonyl (C=O) groups is 1. The average Bonchev–Trinajstić information content (AvgIpc) is 2.84. The fourth-order valence-electron chi connectivity index (χ4n) is 4.00. The first-order chi connectivity index (χ1) is 16.9. The van der Waals surface area contributed by atoms with Gasteiger partial charge in [0.25, 0.3) is 0 Å². The first-order valence-electron chi connectivity index (χ1n) is 11.3. The van der Waals surface area contributed by atoms with Crippen LogP contribution in [0.4, 0.5) is 0 Å². The first kappa shape index (κ1) is 23.7. The smallest absolute Gasteiger partial charge is 0.349 e. The Morgan fingerprint density at radius 1 is 1.03 bits per heavy atom. The molecular weight excluding hydrogens is 444 g/mol. The van der Waals surface area contributed by atoms with E-state index in [1.165, 1.54) is 0 Å². The first-order valence-corrected chi connectivity index (χ1v) is 11.3. The van der Waals surface area contributed by atoms with Crippen molar-refractivity contribution in [2.45, 2.75) is 26.7 Å². The van der Waals surface area contributed by atoms with Crippen molar-refractivity contribution in [1.29, 1.82) is 5.26 Å². The van der Waals surface area contributed by atoms with Crippen molar-refractivity contribution in [1.82, 2.24) is 0 Å². The Labute approximate surface area is 204 Å². The number of allylic oxidation sites excluding steroid dienone is 1. The highest BCUT2D eigenvalue weighted by atomic mass is 16.6. The topological polar surface area (TPSA) is 104 Å². The van der Waals surface area contributed by atoms with Crippen LogP contribution in [0.2, 0.25) is 0 Å². The number of carbonyl (C=O) groups excluding carboxylic acids is 1. The Kier molecular flexibility index (Phi) is 6.93. The van der Waals surface area contributed by atoms with E-state index in [0.717, 1.165) is 16.7 Å². The molecule has 0 fully saturated rings. The number of ether oxygens (including phenoxy) is 4. The Balaban J connectivity index is 1.58. The Morgan fingerprint density at radius 2 is 1.80 bits per heavy atom. The lowest BCUT2D eigenvalue weighted by molar-refractivity contribution is -0.136. The van der Waals surface area contributed by atoms with Gasteiger partial charge < -0.3 is 24.7 Å². The molecule has 7 heteroatoms. The van der Waals surface area contributed by atoms with Crippen molar-refractivity contribution in [2.24, 2.45) is 5.73 Å². The molecular formula is C28H26N2O5. The van der Waals surface area contributed by atoms with E-state index in [1.54, 1.807) is 18.2 Å². The van der Waals surface area contributed by atoms with Gasteiger partial charge in [0.05, 0.1) is 12.5 Å². The van der Waals surface area contributed by atoms with Crippen LogP contribution < -0.4 is 24.7 Å². The highest BCUT2D eigenvalue weighted by Crippen LogP contribution is 2.45. The van der Waals surface area contributed by atoms with Crippen LogP contribution in [0.15, 0.2) is 72.1 Å². The molecule has 1 unspecified atom stereocenters. The molecule has 3 aromatic rings. The van der Waals surface area contributed by atoms with Gasteiger partial charge in [0.2, 0.25) is 5.88 Å². The second-order valence-electron chi connectivity index (χ2n) is 8.06. The number of para-hydroxylation sites is 1. The highest BCUT2D eigenvalue weighted by molar-refractivity contribution is 5.74. The third-order valence-electron chi connectivity index (χ3n) is 5.85. The van der Waals surface area contributed by atoms with E-state index in [4.69, 9.17) is 24.7 Å². The maximum absolute atomic E-state index is 12.4. The summed E-state index contributed by atoms with van der Waals surface area (Å²) in [5.74, 6) is 0.936. The number of fused-ring (bicyclic) bond motifs is 1. The van der Waals surface area contributed by atoms with E-state index in [1.807, 2.05) is 63.2 Å². The summed E-state index contributed by atoms with van der Waals surface area (Å²) in [5.41, 5.74) is 9.96. The van der Waals surface area contributed by atoms with Crippen molar-refractivity contribution in [2.75, 3.05) is 13.2 Å². The van der Waals surface area contributed by atoms with E-state index < -0.39 is 11.9 Å². The molecule has 1 aliphatic rings. The van der Waals surface area contributed by atoms with Gasteiger partial charge in [0, 0.05) is 17.2 Å². The Hall–Kier alpha value is -4.44. The molecule has 0 spiro atoms. The van der Waals surface area contributed by atoms with Gasteiger partial charge in [-0.15, -0.1) is 0 Å². The normalized spacial score (nSPS) is 14.4. The SMILES string of the molecule is CCOc1ccccc1C1C(C#N)=C(N)Oc2cc(OC(=O)COc3cccc(C)c3C)ccc21. The van der Waals surface area contributed by atoms with Crippen LogP contribution >= 0.6 is 0 Å². The highest BCUT2D eigenvalue weighted by Gasteiger charge is 2.33. The van der Waals surface area contributed by atoms with Crippen molar-refractivity contribution >= 4 is 5.97 Å². The predicted molar refractivity (Wildman–Crippen MR) is 130 cm³/mol. The van der Waals surface area contributed by atoms with Crippen LogP contribution in [0, 0.1) is 25.2 Å². The molecule has 0 saturated carbocycles. The minimum atomic E-state index is -0.555. The van der Waals surface area contributed by atoms with Gasteiger partial charge in [0.1, 0.15) is 34.6 Å². The van der Waals surface area contributed by atoms with E-state index >= 15 is 0 Å². The number of nitrogens with two attached hydrogens (primary N) is 1. The van der Waals surface area contributed by atoms with Crippen LogP contribution in [0.5, 0.6) is 23.0 Å². The molecule has 1 atom stereocenters. The Bertz CT molecular complexity index is 1340. The number of aryl methyl sites for hydroxylation is 1. The predicted octanol–water partition coefficient (Wildman–Crippen LogP) is 4.90. The van der Waals surface area contributed by atoms with Crippen molar-refractivity contribution in [3.8, 4) is 29.1 Å². The molecule has 7 nitrogen and oxygen atoms in total. The zero-order valence-electron chi connectivity index (χ0n) is 19.8. The third-order valence-corrected chi connectivity index (χ3v) is 5.85. The summed E-state index contributed by atoms with van der Waals surface area (Å²) < 4.78 is 22.6. The third kappa shape index (κ3) is 4.92. The van der Waals surface area contributed by atoms with Crippen LogP contribution in [0.1, 0.15) is 35.1 Å². The summed E-state index contributed by atoms with van der Waals surface area (Å²) in [5, 5.41) is 9.81. The molecule has 0 bridgehead atoms. The average molecular weight is 471 g/mol. The number of benzene rings is 3. The summed E-state index contributed by atoms with van der Waals surface area (Å²) in [7, 11) is 0. The molecule has 0 aromatic heterocycles. The molecule has 0 radical (unpaired) electrons. The van der Waals surface area contributed by atoms with Gasteiger partial charge in [0.15, 0.2) is 6.61 Å². The number of rotatable bonds is 7. The lowest BCUT2D eigenvalue weighted by Crippen LogP contribution is -2.22. The van der Waals surface area contributed by atoms with Crippen LogP contribution in [0.25, 0.3) is 0 Å². The van der Waals surface area contributed by atoms with Gasteiger partial charge in [-0.05, 0) is 50.1 Å². The molecule has 178 valence electrons. The fraction of sp³-hybridized carbons (Fsp3) is 0.214. The number of hydrogen-bond donors (Lipinski definition) is 1. The minimum Gasteiger partial charge on any atom is -0.494 e. The largest absolute Gasteiger partial charge is 0.494 e. The van der Waals surface area contributed by atoms with Crippen molar-refractivity contribution < 1.29 is 23.7 Å². The second-order valence-corrected chi connectivity index (χ2v) is 8.06. The van der Waals surface area contributed by atoms with Gasteiger partial charge in [-0.25, -0.2) is 4.79 Å².